The van der Waals surface area contributed by atoms with Gasteiger partial charge in [-0.1, -0.05) is 27.5 Å². The van der Waals surface area contributed by atoms with Crippen molar-refractivity contribution in [3.8, 4) is 0 Å². The Hall–Kier alpha value is -1.11. The van der Waals surface area contributed by atoms with Gasteiger partial charge in [0.1, 0.15) is 6.10 Å². The van der Waals surface area contributed by atoms with Crippen LogP contribution < -0.4 is 11.1 Å². The molecule has 0 saturated heterocycles. The predicted molar refractivity (Wildman–Crippen MR) is 66.7 cm³/mol. The number of rotatable bonds is 4. The average Bonchev–Trinajstić information content (AvgIpc) is 2.25. The Morgan fingerprint density at radius 2 is 2.18 bits per heavy atom. The summed E-state index contributed by atoms with van der Waals surface area (Å²) in [5, 5.41) is 11.7. The number of halogens is 2. The summed E-state index contributed by atoms with van der Waals surface area (Å²) in [6.07, 6.45) is -1.41. The third kappa shape index (κ3) is 3.99. The van der Waals surface area contributed by atoms with E-state index in [-0.39, 0.29) is 17.1 Å². The highest BCUT2D eigenvalue weighted by molar-refractivity contribution is 9.10. The number of aliphatic hydroxyl groups excluding tert-OH is 1. The van der Waals surface area contributed by atoms with Gasteiger partial charge in [-0.2, -0.15) is 0 Å². The number of nitrogens with two attached hydrogens (primary N) is 1. The molecule has 0 saturated carbocycles. The van der Waals surface area contributed by atoms with E-state index in [0.29, 0.717) is 0 Å². The molecule has 1 unspecified atom stereocenters. The minimum Gasteiger partial charge on any atom is -0.381 e. The van der Waals surface area contributed by atoms with E-state index in [2.05, 4.69) is 21.2 Å². The molecule has 2 amide bonds. The van der Waals surface area contributed by atoms with Crippen LogP contribution in [0.25, 0.3) is 0 Å². The zero-order valence-electron chi connectivity index (χ0n) is 8.61. The van der Waals surface area contributed by atoms with Crippen LogP contribution >= 0.6 is 27.5 Å². The Labute approximate surface area is 111 Å². The van der Waals surface area contributed by atoms with E-state index in [9.17, 15) is 9.59 Å². The molecule has 1 aromatic carbocycles. The summed E-state index contributed by atoms with van der Waals surface area (Å²) in [5.74, 6) is -1.38. The van der Waals surface area contributed by atoms with E-state index in [4.69, 9.17) is 22.4 Å². The number of benzene rings is 1. The first-order valence-electron chi connectivity index (χ1n) is 4.62. The summed E-state index contributed by atoms with van der Waals surface area (Å²) in [6, 6.07) is 4.75. The molecule has 0 aliphatic heterocycles. The Bertz CT molecular complexity index is 453. The van der Waals surface area contributed by atoms with Gasteiger partial charge in [0.2, 0.25) is 5.91 Å². The largest absolute Gasteiger partial charge is 0.381 e. The van der Waals surface area contributed by atoms with Crippen molar-refractivity contribution < 1.29 is 14.7 Å². The second kappa shape index (κ2) is 6.00. The summed E-state index contributed by atoms with van der Waals surface area (Å²) >= 11 is 9.07. The molecule has 7 heteroatoms. The van der Waals surface area contributed by atoms with Gasteiger partial charge >= 0.3 is 0 Å². The first-order valence-corrected chi connectivity index (χ1v) is 5.79. The maximum atomic E-state index is 11.6. The number of amides is 2. The normalized spacial score (nSPS) is 11.9. The summed E-state index contributed by atoms with van der Waals surface area (Å²) in [7, 11) is 0. The van der Waals surface area contributed by atoms with Crippen LogP contribution in [0.5, 0.6) is 0 Å². The maximum absolute atomic E-state index is 11.6. The van der Waals surface area contributed by atoms with Gasteiger partial charge in [-0.15, -0.1) is 0 Å². The van der Waals surface area contributed by atoms with Gasteiger partial charge in [-0.25, -0.2) is 0 Å². The minimum atomic E-state index is -1.41. The number of carbonyl (C=O) groups excluding carboxylic acids is 2. The van der Waals surface area contributed by atoms with Crippen LogP contribution in [0.4, 0.5) is 0 Å². The third-order valence-corrected chi connectivity index (χ3v) is 2.77. The van der Waals surface area contributed by atoms with E-state index in [1.165, 1.54) is 6.07 Å². The number of carbonyl (C=O) groups is 2. The molecule has 1 aromatic rings. The molecule has 5 nitrogen and oxygen atoms in total. The summed E-state index contributed by atoms with van der Waals surface area (Å²) < 4.78 is 0.747. The minimum absolute atomic E-state index is 0.249. The van der Waals surface area contributed by atoms with Gasteiger partial charge in [0.25, 0.3) is 5.91 Å². The van der Waals surface area contributed by atoms with Crippen LogP contribution in [-0.2, 0) is 4.79 Å². The lowest BCUT2D eigenvalue weighted by atomic mass is 10.2. The molecule has 17 heavy (non-hydrogen) atoms. The van der Waals surface area contributed by atoms with Crippen LogP contribution in [0.3, 0.4) is 0 Å². The zero-order valence-corrected chi connectivity index (χ0v) is 11.0. The monoisotopic (exact) mass is 320 g/mol. The van der Waals surface area contributed by atoms with Crippen molar-refractivity contribution >= 4 is 39.3 Å². The molecule has 0 aliphatic rings. The second-order valence-electron chi connectivity index (χ2n) is 3.25. The van der Waals surface area contributed by atoms with Crippen molar-refractivity contribution in [2.45, 2.75) is 6.10 Å². The van der Waals surface area contributed by atoms with Gasteiger partial charge in [-0.05, 0) is 18.2 Å². The van der Waals surface area contributed by atoms with Gasteiger partial charge in [0.05, 0.1) is 17.1 Å². The van der Waals surface area contributed by atoms with Crippen LogP contribution in [0.2, 0.25) is 5.02 Å². The molecule has 0 heterocycles. The standard InChI is InChI=1S/C10H10BrClN2O3/c11-5-1-2-6(7(12)3-5)10(17)14-4-8(15)9(13)16/h1-3,8,15H,4H2,(H2,13,16)(H,14,17). The smallest absolute Gasteiger partial charge is 0.252 e. The molecule has 1 atom stereocenters. The molecule has 0 bridgehead atoms. The van der Waals surface area contributed by atoms with Crippen molar-refractivity contribution in [2.24, 2.45) is 5.73 Å². The molecule has 1 rings (SSSR count). The highest BCUT2D eigenvalue weighted by Crippen LogP contribution is 2.21. The summed E-state index contributed by atoms with van der Waals surface area (Å²) in [4.78, 5) is 22.2. The SMILES string of the molecule is NC(=O)C(O)CNC(=O)c1ccc(Br)cc1Cl. The fourth-order valence-electron chi connectivity index (χ4n) is 1.06. The van der Waals surface area contributed by atoms with Gasteiger partial charge in [-0.3, -0.25) is 9.59 Å². The Morgan fingerprint density at radius 3 is 2.71 bits per heavy atom. The first kappa shape index (κ1) is 14.0. The van der Waals surface area contributed by atoms with Crippen LogP contribution in [0, 0.1) is 0 Å². The fourth-order valence-corrected chi connectivity index (χ4v) is 1.82. The quantitative estimate of drug-likeness (QED) is 0.761. The first-order chi connectivity index (χ1) is 7.91. The lowest BCUT2D eigenvalue weighted by Gasteiger charge is -2.09. The number of aliphatic hydroxyl groups is 1. The van der Waals surface area contributed by atoms with E-state index in [1.807, 2.05) is 0 Å². The average molecular weight is 322 g/mol. The lowest BCUT2D eigenvalue weighted by molar-refractivity contribution is -0.125. The molecular formula is C10H10BrClN2O3. The molecular weight excluding hydrogens is 311 g/mol. The Balaban J connectivity index is 2.67. The van der Waals surface area contributed by atoms with Crippen LogP contribution in [-0.4, -0.2) is 29.6 Å². The molecule has 4 N–H and O–H groups in total. The van der Waals surface area contributed by atoms with Crippen molar-refractivity contribution in [1.82, 2.24) is 5.32 Å². The van der Waals surface area contributed by atoms with Crippen LogP contribution in [0.1, 0.15) is 10.4 Å². The summed E-state index contributed by atoms with van der Waals surface area (Å²) in [6.45, 7) is -0.249. The molecule has 0 aromatic heterocycles. The van der Waals surface area contributed by atoms with E-state index >= 15 is 0 Å². The molecule has 92 valence electrons. The Morgan fingerprint density at radius 1 is 1.53 bits per heavy atom. The van der Waals surface area contributed by atoms with Gasteiger partial charge in [0.15, 0.2) is 0 Å². The molecule has 0 spiro atoms. The highest BCUT2D eigenvalue weighted by Gasteiger charge is 2.15. The van der Waals surface area contributed by atoms with E-state index < -0.39 is 17.9 Å². The van der Waals surface area contributed by atoms with Gasteiger partial charge < -0.3 is 16.2 Å². The summed E-state index contributed by atoms with van der Waals surface area (Å²) in [5.41, 5.74) is 5.09. The lowest BCUT2D eigenvalue weighted by Crippen LogP contribution is -2.40. The van der Waals surface area contributed by atoms with Crippen molar-refractivity contribution in [3.63, 3.8) is 0 Å². The molecule has 0 fully saturated rings. The molecule has 0 radical (unpaired) electrons. The fraction of sp³-hybridized carbons (Fsp3) is 0.200. The zero-order chi connectivity index (χ0) is 13.0. The van der Waals surface area contributed by atoms with Crippen molar-refractivity contribution in [1.29, 1.82) is 0 Å². The number of nitrogens with one attached hydrogen (secondary N) is 1. The molecule has 0 aliphatic carbocycles. The van der Waals surface area contributed by atoms with Gasteiger partial charge in [0, 0.05) is 4.47 Å². The third-order valence-electron chi connectivity index (χ3n) is 1.96. The number of primary amides is 1. The highest BCUT2D eigenvalue weighted by atomic mass is 79.9. The number of hydrogen-bond donors (Lipinski definition) is 3. The predicted octanol–water partition coefficient (Wildman–Crippen LogP) is 0.679. The number of hydrogen-bond acceptors (Lipinski definition) is 3. The second-order valence-corrected chi connectivity index (χ2v) is 4.58. The van der Waals surface area contributed by atoms with E-state index in [1.54, 1.807) is 12.1 Å². The Kier molecular flexibility index (Phi) is 4.92. The van der Waals surface area contributed by atoms with Crippen molar-refractivity contribution in [2.75, 3.05) is 6.54 Å². The topological polar surface area (TPSA) is 92.4 Å². The van der Waals surface area contributed by atoms with E-state index in [0.717, 1.165) is 4.47 Å². The van der Waals surface area contributed by atoms with Crippen LogP contribution in [0.15, 0.2) is 22.7 Å². The van der Waals surface area contributed by atoms with Crippen molar-refractivity contribution in [3.05, 3.63) is 33.3 Å². The maximum Gasteiger partial charge on any atom is 0.252 e.